The molecule has 0 bridgehead atoms. The molecule has 0 aliphatic rings. The van der Waals surface area contributed by atoms with Crippen LogP contribution >= 0.6 is 0 Å². The van der Waals surface area contributed by atoms with Crippen molar-refractivity contribution < 1.29 is 17.4 Å². The van der Waals surface area contributed by atoms with Gasteiger partial charge in [-0.3, -0.25) is 4.79 Å². The molecule has 1 rings (SSSR count). The van der Waals surface area contributed by atoms with E-state index in [0.29, 0.717) is 18.7 Å². The molecule has 0 saturated heterocycles. The molecule has 0 aliphatic heterocycles. The van der Waals surface area contributed by atoms with E-state index >= 15 is 0 Å². The highest BCUT2D eigenvalue weighted by atomic mass is 32.2. The fraction of sp³-hybridized carbons (Fsp3) is 0.741. The van der Waals surface area contributed by atoms with Crippen molar-refractivity contribution in [3.63, 3.8) is 0 Å². The average Bonchev–Trinajstić information content (AvgIpc) is 2.80. The van der Waals surface area contributed by atoms with E-state index in [1.807, 2.05) is 11.0 Å². The Morgan fingerprint density at radius 3 is 2.03 bits per heavy atom. The van der Waals surface area contributed by atoms with Gasteiger partial charge in [0.15, 0.2) is 0 Å². The van der Waals surface area contributed by atoms with Gasteiger partial charge < -0.3 is 9.08 Å². The van der Waals surface area contributed by atoms with Crippen molar-refractivity contribution in [3.05, 3.63) is 29.8 Å². The van der Waals surface area contributed by atoms with Crippen LogP contribution in [0, 0.1) is 0 Å². The smallest absolute Gasteiger partial charge is 0.308 e. The van der Waals surface area contributed by atoms with Crippen LogP contribution in [0.25, 0.3) is 0 Å². The Labute approximate surface area is 203 Å². The van der Waals surface area contributed by atoms with Gasteiger partial charge in [-0.2, -0.15) is 8.42 Å². The Hall–Kier alpha value is -1.56. The molecule has 0 heterocycles. The Morgan fingerprint density at radius 2 is 1.48 bits per heavy atom. The number of carbonyl (C=O) groups excluding carboxylic acids is 1. The van der Waals surface area contributed by atoms with Crippen molar-refractivity contribution in [2.45, 2.75) is 124 Å². The zero-order valence-corrected chi connectivity index (χ0v) is 22.3. The van der Waals surface area contributed by atoms with Gasteiger partial charge in [-0.1, -0.05) is 90.2 Å². The van der Waals surface area contributed by atoms with Crippen LogP contribution in [-0.4, -0.2) is 31.0 Å². The van der Waals surface area contributed by atoms with Crippen LogP contribution in [0.4, 0.5) is 0 Å². The van der Waals surface area contributed by atoms with Gasteiger partial charge in [-0.15, -0.1) is 0 Å². The van der Waals surface area contributed by atoms with E-state index in [2.05, 4.69) is 20.8 Å². The van der Waals surface area contributed by atoms with Gasteiger partial charge in [0.1, 0.15) is 5.75 Å². The van der Waals surface area contributed by atoms with E-state index in [1.54, 1.807) is 25.1 Å². The molecule has 1 aromatic carbocycles. The van der Waals surface area contributed by atoms with Crippen molar-refractivity contribution >= 4 is 16.0 Å². The lowest BCUT2D eigenvalue weighted by Crippen LogP contribution is -2.37. The largest absolute Gasteiger partial charge is 0.382 e. The number of unbranched alkanes of at least 4 members (excludes halogenated alkanes) is 10. The number of hydrogen-bond acceptors (Lipinski definition) is 4. The molecule has 0 N–H and O–H groups in total. The maximum absolute atomic E-state index is 13.0. The molecule has 0 fully saturated rings. The molecule has 6 heteroatoms. The van der Waals surface area contributed by atoms with E-state index in [-0.39, 0.29) is 17.7 Å². The first kappa shape index (κ1) is 29.5. The molecule has 33 heavy (non-hydrogen) atoms. The molecule has 1 amide bonds. The molecule has 0 saturated carbocycles. The Balaban J connectivity index is 2.44. The van der Waals surface area contributed by atoms with E-state index in [1.165, 1.54) is 57.8 Å². The topological polar surface area (TPSA) is 63.7 Å². The van der Waals surface area contributed by atoms with Gasteiger partial charge in [0.25, 0.3) is 0 Å². The lowest BCUT2D eigenvalue weighted by atomic mass is 10.0. The summed E-state index contributed by atoms with van der Waals surface area (Å²) >= 11 is 0. The zero-order valence-electron chi connectivity index (χ0n) is 21.5. The predicted octanol–water partition coefficient (Wildman–Crippen LogP) is 7.24. The summed E-state index contributed by atoms with van der Waals surface area (Å²) in [5.41, 5.74) is 0.881. The third-order valence-electron chi connectivity index (χ3n) is 6.27. The van der Waals surface area contributed by atoms with Crippen molar-refractivity contribution in [1.29, 1.82) is 0 Å². The summed E-state index contributed by atoms with van der Waals surface area (Å²) in [5.74, 6) is 0.400. The van der Waals surface area contributed by atoms with Crippen molar-refractivity contribution in [3.8, 4) is 5.75 Å². The molecule has 5 nitrogen and oxygen atoms in total. The van der Waals surface area contributed by atoms with Gasteiger partial charge in [-0.25, -0.2) is 0 Å². The lowest BCUT2D eigenvalue weighted by molar-refractivity contribution is -0.134. The lowest BCUT2D eigenvalue weighted by Gasteiger charge is -2.29. The monoisotopic (exact) mass is 481 g/mol. The van der Waals surface area contributed by atoms with Crippen LogP contribution in [0.1, 0.15) is 117 Å². The van der Waals surface area contributed by atoms with E-state index in [4.69, 9.17) is 4.18 Å². The minimum absolute atomic E-state index is 0.0757. The van der Waals surface area contributed by atoms with Crippen molar-refractivity contribution in [2.75, 3.05) is 5.75 Å². The minimum atomic E-state index is -3.56. The predicted molar refractivity (Wildman–Crippen MR) is 138 cm³/mol. The summed E-state index contributed by atoms with van der Waals surface area (Å²) in [4.78, 5) is 14.9. The van der Waals surface area contributed by atoms with Crippen molar-refractivity contribution in [1.82, 2.24) is 4.90 Å². The Bertz CT molecular complexity index is 763. The van der Waals surface area contributed by atoms with E-state index in [9.17, 15) is 13.2 Å². The summed E-state index contributed by atoms with van der Waals surface area (Å²) in [6.45, 7) is 8.43. The summed E-state index contributed by atoms with van der Waals surface area (Å²) in [7, 11) is -3.56. The molecular formula is C27H47NO4S. The molecule has 0 radical (unpaired) electrons. The van der Waals surface area contributed by atoms with Gasteiger partial charge in [-0.05, 0) is 44.4 Å². The van der Waals surface area contributed by atoms with E-state index < -0.39 is 10.1 Å². The van der Waals surface area contributed by atoms with Crippen LogP contribution < -0.4 is 4.18 Å². The summed E-state index contributed by atoms with van der Waals surface area (Å²) in [5, 5.41) is 0. The first-order chi connectivity index (χ1) is 15.8. The quantitative estimate of drug-likeness (QED) is 0.154. The van der Waals surface area contributed by atoms with Crippen LogP contribution in [0.5, 0.6) is 5.75 Å². The fourth-order valence-corrected chi connectivity index (χ4v) is 4.41. The number of hydrogen-bond donors (Lipinski definition) is 0. The maximum Gasteiger partial charge on any atom is 0.308 e. The highest BCUT2D eigenvalue weighted by molar-refractivity contribution is 7.87. The highest BCUT2D eigenvalue weighted by Crippen LogP contribution is 2.20. The minimum Gasteiger partial charge on any atom is -0.382 e. The first-order valence-corrected chi connectivity index (χ1v) is 14.7. The number of benzene rings is 1. The van der Waals surface area contributed by atoms with Gasteiger partial charge in [0, 0.05) is 19.0 Å². The van der Waals surface area contributed by atoms with Crippen LogP contribution in [0.15, 0.2) is 24.3 Å². The van der Waals surface area contributed by atoms with Gasteiger partial charge >= 0.3 is 10.1 Å². The van der Waals surface area contributed by atoms with E-state index in [0.717, 1.165) is 24.8 Å². The second-order valence-corrected chi connectivity index (χ2v) is 11.0. The molecule has 0 spiro atoms. The molecule has 0 aromatic heterocycles. The molecule has 1 aromatic rings. The standard InChI is InChI=1S/C27H47NO4S/c1-5-8-9-10-11-12-13-14-15-16-17-21-27(29)28(24(4)6-2)23-25-19-18-20-26(22-25)32-33(30,31)7-3/h18-20,22,24H,5-17,21,23H2,1-4H3/t24-/m0/s1. The number of nitrogens with zero attached hydrogens (tertiary/aromatic N) is 1. The Morgan fingerprint density at radius 1 is 0.909 bits per heavy atom. The summed E-state index contributed by atoms with van der Waals surface area (Å²) in [6, 6.07) is 7.18. The summed E-state index contributed by atoms with van der Waals surface area (Å²) in [6.07, 6.45) is 15.4. The maximum atomic E-state index is 13.0. The van der Waals surface area contributed by atoms with Crippen LogP contribution in [0.2, 0.25) is 0 Å². The average molecular weight is 482 g/mol. The SMILES string of the molecule is CCCCCCCCCCCCCC(=O)N(Cc1cccc(OS(=O)(=O)CC)c1)[C@@H](C)CC. The zero-order chi connectivity index (χ0) is 24.5. The van der Waals surface area contributed by atoms with Crippen LogP contribution in [0.3, 0.4) is 0 Å². The number of rotatable bonds is 19. The fourth-order valence-electron chi connectivity index (χ4n) is 3.89. The normalized spacial score (nSPS) is 12.5. The van der Waals surface area contributed by atoms with Crippen LogP contribution in [-0.2, 0) is 21.5 Å². The molecular weight excluding hydrogens is 434 g/mol. The second-order valence-electron chi connectivity index (χ2n) is 9.14. The summed E-state index contributed by atoms with van der Waals surface area (Å²) < 4.78 is 28.7. The van der Waals surface area contributed by atoms with Gasteiger partial charge in [0.2, 0.25) is 5.91 Å². The highest BCUT2D eigenvalue weighted by Gasteiger charge is 2.19. The molecule has 0 unspecified atom stereocenters. The third-order valence-corrected chi connectivity index (χ3v) is 7.42. The molecule has 1 atom stereocenters. The number of amides is 1. The van der Waals surface area contributed by atoms with Crippen molar-refractivity contribution in [2.24, 2.45) is 0 Å². The molecule has 190 valence electrons. The number of carbonyl (C=O) groups is 1. The Kier molecular flexibility index (Phi) is 15.1. The third kappa shape index (κ3) is 13.0. The first-order valence-electron chi connectivity index (χ1n) is 13.1. The van der Waals surface area contributed by atoms with Gasteiger partial charge in [0.05, 0.1) is 5.75 Å². The molecule has 0 aliphatic carbocycles. The second kappa shape index (κ2) is 17.0.